The summed E-state index contributed by atoms with van der Waals surface area (Å²) in [6, 6.07) is 7.96. The number of amides is 1. The Balaban J connectivity index is 1.55. The molecule has 1 saturated heterocycles. The van der Waals surface area contributed by atoms with E-state index in [1.807, 2.05) is 36.1 Å². The van der Waals surface area contributed by atoms with Crippen molar-refractivity contribution in [2.24, 2.45) is 5.92 Å². The molecule has 3 rings (SSSR count). The van der Waals surface area contributed by atoms with Crippen LogP contribution in [0.3, 0.4) is 0 Å². The Kier molecular flexibility index (Phi) is 7.25. The Bertz CT molecular complexity index is 747. The van der Waals surface area contributed by atoms with Crippen molar-refractivity contribution in [3.8, 4) is 17.1 Å². The normalized spacial score (nSPS) is 16.8. The van der Waals surface area contributed by atoms with Gasteiger partial charge in [0.1, 0.15) is 5.75 Å². The summed E-state index contributed by atoms with van der Waals surface area (Å²) in [5.41, 5.74) is 0.858. The van der Waals surface area contributed by atoms with Gasteiger partial charge < -0.3 is 24.2 Å². The third-order valence-electron chi connectivity index (χ3n) is 4.80. The van der Waals surface area contributed by atoms with Gasteiger partial charge in [-0.2, -0.15) is 4.98 Å². The van der Waals surface area contributed by atoms with Gasteiger partial charge in [0.2, 0.25) is 11.7 Å². The predicted molar refractivity (Wildman–Crippen MR) is 105 cm³/mol. The van der Waals surface area contributed by atoms with Crippen LogP contribution in [-0.2, 0) is 9.53 Å². The van der Waals surface area contributed by atoms with E-state index < -0.39 is 0 Å². The lowest BCUT2D eigenvalue weighted by atomic mass is 9.97. The highest BCUT2D eigenvalue weighted by Gasteiger charge is 2.28. The van der Waals surface area contributed by atoms with Crippen molar-refractivity contribution in [1.29, 1.82) is 0 Å². The molecular formula is C20H28N4O4. The van der Waals surface area contributed by atoms with Gasteiger partial charge in [-0.1, -0.05) is 5.16 Å². The fraction of sp³-hybridized carbons (Fsp3) is 0.550. The Morgan fingerprint density at radius 2 is 2.18 bits per heavy atom. The number of methoxy groups -OCH3 is 1. The van der Waals surface area contributed by atoms with Crippen molar-refractivity contribution in [3.05, 3.63) is 24.3 Å². The minimum absolute atomic E-state index is 0.0721. The Morgan fingerprint density at radius 1 is 1.36 bits per heavy atom. The zero-order valence-electron chi connectivity index (χ0n) is 16.5. The summed E-state index contributed by atoms with van der Waals surface area (Å²) in [5, 5.41) is 7.08. The minimum atomic E-state index is -0.0721. The summed E-state index contributed by atoms with van der Waals surface area (Å²) in [6.45, 7) is 5.36. The van der Waals surface area contributed by atoms with Crippen LogP contribution in [0.4, 0.5) is 6.01 Å². The number of carbonyl (C=O) groups is 1. The van der Waals surface area contributed by atoms with Gasteiger partial charge in [0.25, 0.3) is 0 Å². The molecule has 1 atom stereocenters. The van der Waals surface area contributed by atoms with E-state index in [0.717, 1.165) is 37.1 Å². The number of anilines is 1. The van der Waals surface area contributed by atoms with Crippen LogP contribution in [0.1, 0.15) is 26.2 Å². The second kappa shape index (κ2) is 10.1. The van der Waals surface area contributed by atoms with Gasteiger partial charge in [-0.25, -0.2) is 0 Å². The molecule has 1 amide bonds. The Labute approximate surface area is 165 Å². The maximum Gasteiger partial charge on any atom is 0.324 e. The quantitative estimate of drug-likeness (QED) is 0.660. The summed E-state index contributed by atoms with van der Waals surface area (Å²) >= 11 is 0. The van der Waals surface area contributed by atoms with Crippen molar-refractivity contribution in [2.75, 3.05) is 44.9 Å². The standard InChI is InChI=1S/C20H28N4O4/c1-3-27-13-5-11-21-19(25)16-6-4-12-24(14-16)20-22-18(23-28-20)15-7-9-17(26-2)10-8-15/h7-10,16H,3-6,11-14H2,1-2H3,(H,21,25)/t16-/m0/s1. The molecule has 28 heavy (non-hydrogen) atoms. The molecule has 1 aromatic carbocycles. The van der Waals surface area contributed by atoms with Crippen molar-refractivity contribution >= 4 is 11.9 Å². The molecule has 0 unspecified atom stereocenters. The van der Waals surface area contributed by atoms with Crippen LogP contribution in [0.2, 0.25) is 0 Å². The van der Waals surface area contributed by atoms with Gasteiger partial charge in [-0.3, -0.25) is 4.79 Å². The molecule has 1 N–H and O–H groups in total. The van der Waals surface area contributed by atoms with Crippen molar-refractivity contribution < 1.29 is 18.8 Å². The Hall–Kier alpha value is -2.61. The number of nitrogens with one attached hydrogen (secondary N) is 1. The fourth-order valence-electron chi connectivity index (χ4n) is 3.24. The summed E-state index contributed by atoms with van der Waals surface area (Å²) in [5.74, 6) is 1.31. The lowest BCUT2D eigenvalue weighted by Gasteiger charge is -2.30. The van der Waals surface area contributed by atoms with E-state index >= 15 is 0 Å². The summed E-state index contributed by atoms with van der Waals surface area (Å²) in [6.07, 6.45) is 2.61. The highest BCUT2D eigenvalue weighted by atomic mass is 16.5. The van der Waals surface area contributed by atoms with E-state index in [4.69, 9.17) is 14.0 Å². The fourth-order valence-corrected chi connectivity index (χ4v) is 3.24. The van der Waals surface area contributed by atoms with Gasteiger partial charge in [0.15, 0.2) is 0 Å². The minimum Gasteiger partial charge on any atom is -0.497 e. The zero-order valence-corrected chi connectivity index (χ0v) is 16.5. The molecule has 2 heterocycles. The van der Waals surface area contributed by atoms with Crippen molar-refractivity contribution in [3.63, 3.8) is 0 Å². The molecule has 2 aromatic rings. The molecule has 0 radical (unpaired) electrons. The van der Waals surface area contributed by atoms with Gasteiger partial charge in [-0.05, 0) is 50.5 Å². The average molecular weight is 388 g/mol. The maximum absolute atomic E-state index is 12.4. The molecule has 0 aliphatic carbocycles. The van der Waals surface area contributed by atoms with E-state index in [-0.39, 0.29) is 11.8 Å². The lowest BCUT2D eigenvalue weighted by molar-refractivity contribution is -0.125. The average Bonchev–Trinajstić information content (AvgIpc) is 3.24. The Morgan fingerprint density at radius 3 is 2.93 bits per heavy atom. The summed E-state index contributed by atoms with van der Waals surface area (Å²) in [4.78, 5) is 18.9. The van der Waals surface area contributed by atoms with Crippen LogP contribution in [0.5, 0.6) is 5.75 Å². The summed E-state index contributed by atoms with van der Waals surface area (Å²) < 4.78 is 15.9. The number of ether oxygens (including phenoxy) is 2. The largest absolute Gasteiger partial charge is 0.497 e. The van der Waals surface area contributed by atoms with Crippen LogP contribution in [0.25, 0.3) is 11.4 Å². The van der Waals surface area contributed by atoms with Gasteiger partial charge in [0.05, 0.1) is 13.0 Å². The molecule has 1 fully saturated rings. The second-order valence-electron chi connectivity index (χ2n) is 6.76. The highest BCUT2D eigenvalue weighted by molar-refractivity contribution is 5.79. The van der Waals surface area contributed by atoms with E-state index in [9.17, 15) is 4.79 Å². The molecule has 0 spiro atoms. The number of rotatable bonds is 9. The van der Waals surface area contributed by atoms with Crippen LogP contribution < -0.4 is 15.0 Å². The molecule has 1 aromatic heterocycles. The monoisotopic (exact) mass is 388 g/mol. The SMILES string of the molecule is CCOCCCNC(=O)[C@H]1CCCN(c2nc(-c3ccc(OC)cc3)no2)C1. The second-order valence-corrected chi connectivity index (χ2v) is 6.76. The molecule has 1 aliphatic rings. The van der Waals surface area contributed by atoms with Crippen LogP contribution in [0.15, 0.2) is 28.8 Å². The van der Waals surface area contributed by atoms with Gasteiger partial charge in [0, 0.05) is 38.4 Å². The third-order valence-corrected chi connectivity index (χ3v) is 4.80. The first kappa shape index (κ1) is 20.1. The van der Waals surface area contributed by atoms with E-state index in [2.05, 4.69) is 15.5 Å². The van der Waals surface area contributed by atoms with Crippen LogP contribution in [-0.4, -0.2) is 56.0 Å². The molecular weight excluding hydrogens is 360 g/mol. The predicted octanol–water partition coefficient (Wildman–Crippen LogP) is 2.50. The molecule has 0 saturated carbocycles. The zero-order chi connectivity index (χ0) is 19.8. The first-order chi connectivity index (χ1) is 13.7. The third kappa shape index (κ3) is 5.22. The van der Waals surface area contributed by atoms with E-state index in [0.29, 0.717) is 38.1 Å². The maximum atomic E-state index is 12.4. The number of aromatic nitrogens is 2. The van der Waals surface area contributed by atoms with E-state index in [1.54, 1.807) is 7.11 Å². The van der Waals surface area contributed by atoms with Gasteiger partial charge in [-0.15, -0.1) is 0 Å². The van der Waals surface area contributed by atoms with Crippen LogP contribution in [0, 0.1) is 5.92 Å². The number of carbonyl (C=O) groups excluding carboxylic acids is 1. The summed E-state index contributed by atoms with van der Waals surface area (Å²) in [7, 11) is 1.63. The number of benzene rings is 1. The molecule has 8 heteroatoms. The first-order valence-corrected chi connectivity index (χ1v) is 9.79. The number of hydrogen-bond donors (Lipinski definition) is 1. The molecule has 0 bridgehead atoms. The first-order valence-electron chi connectivity index (χ1n) is 9.79. The van der Waals surface area contributed by atoms with Crippen molar-refractivity contribution in [2.45, 2.75) is 26.2 Å². The molecule has 8 nitrogen and oxygen atoms in total. The topological polar surface area (TPSA) is 89.7 Å². The van der Waals surface area contributed by atoms with E-state index in [1.165, 1.54) is 0 Å². The lowest BCUT2D eigenvalue weighted by Crippen LogP contribution is -2.43. The highest BCUT2D eigenvalue weighted by Crippen LogP contribution is 2.25. The van der Waals surface area contributed by atoms with Gasteiger partial charge >= 0.3 is 6.01 Å². The number of piperidine rings is 1. The van der Waals surface area contributed by atoms with Crippen molar-refractivity contribution in [1.82, 2.24) is 15.5 Å². The smallest absolute Gasteiger partial charge is 0.324 e. The number of nitrogens with zero attached hydrogens (tertiary/aromatic N) is 3. The molecule has 152 valence electrons. The number of hydrogen-bond acceptors (Lipinski definition) is 7. The van der Waals surface area contributed by atoms with Crippen LogP contribution >= 0.6 is 0 Å². The molecule has 1 aliphatic heterocycles.